The SMILES string of the molecule is C[C@H]1CCCCC1=NNC(=O)CNc1ccc(Cl)cc1. The number of halogens is 1. The van der Waals surface area contributed by atoms with E-state index in [9.17, 15) is 4.79 Å². The number of carbonyl (C=O) groups excluding carboxylic acids is 1. The molecule has 2 N–H and O–H groups in total. The molecular formula is C15H20ClN3O. The van der Waals surface area contributed by atoms with Crippen molar-refractivity contribution in [3.8, 4) is 0 Å². The number of hydrogen-bond donors (Lipinski definition) is 2. The van der Waals surface area contributed by atoms with E-state index in [1.165, 1.54) is 12.8 Å². The van der Waals surface area contributed by atoms with Gasteiger partial charge in [-0.15, -0.1) is 0 Å². The van der Waals surface area contributed by atoms with Crippen molar-refractivity contribution >= 4 is 28.9 Å². The first kappa shape index (κ1) is 14.9. The summed E-state index contributed by atoms with van der Waals surface area (Å²) in [5.74, 6) is 0.346. The summed E-state index contributed by atoms with van der Waals surface area (Å²) < 4.78 is 0. The molecule has 1 amide bonds. The summed E-state index contributed by atoms with van der Waals surface area (Å²) in [5, 5.41) is 7.96. The largest absolute Gasteiger partial charge is 0.376 e. The molecule has 2 rings (SSSR count). The number of amides is 1. The Kier molecular flexibility index (Phi) is 5.41. The Balaban J connectivity index is 1.77. The van der Waals surface area contributed by atoms with E-state index in [1.54, 1.807) is 12.1 Å². The molecule has 1 aliphatic carbocycles. The molecule has 1 atom stereocenters. The lowest BCUT2D eigenvalue weighted by atomic mass is 9.89. The molecule has 0 aromatic heterocycles. The zero-order valence-electron chi connectivity index (χ0n) is 11.7. The van der Waals surface area contributed by atoms with Gasteiger partial charge in [0.2, 0.25) is 0 Å². The highest BCUT2D eigenvalue weighted by atomic mass is 35.5. The van der Waals surface area contributed by atoms with E-state index in [4.69, 9.17) is 11.6 Å². The van der Waals surface area contributed by atoms with Gasteiger partial charge in [-0.25, -0.2) is 5.43 Å². The zero-order chi connectivity index (χ0) is 14.4. The van der Waals surface area contributed by atoms with Gasteiger partial charge in [-0.3, -0.25) is 4.79 Å². The molecule has 108 valence electrons. The van der Waals surface area contributed by atoms with Gasteiger partial charge < -0.3 is 5.32 Å². The molecule has 0 heterocycles. The van der Waals surface area contributed by atoms with Crippen LogP contribution in [0.3, 0.4) is 0 Å². The van der Waals surface area contributed by atoms with Crippen LogP contribution in [0.4, 0.5) is 5.69 Å². The quantitative estimate of drug-likeness (QED) is 0.836. The van der Waals surface area contributed by atoms with Crippen molar-refractivity contribution in [3.63, 3.8) is 0 Å². The number of nitrogens with zero attached hydrogens (tertiary/aromatic N) is 1. The second-order valence-electron chi connectivity index (χ2n) is 5.15. The number of rotatable bonds is 4. The van der Waals surface area contributed by atoms with Crippen molar-refractivity contribution < 1.29 is 4.79 Å². The lowest BCUT2D eigenvalue weighted by molar-refractivity contribution is -0.119. The van der Waals surface area contributed by atoms with Crippen molar-refractivity contribution in [2.75, 3.05) is 11.9 Å². The molecular weight excluding hydrogens is 274 g/mol. The first-order valence-corrected chi connectivity index (χ1v) is 7.37. The minimum absolute atomic E-state index is 0.134. The van der Waals surface area contributed by atoms with E-state index in [1.807, 2.05) is 12.1 Å². The number of anilines is 1. The third kappa shape index (κ3) is 4.53. The van der Waals surface area contributed by atoms with Crippen LogP contribution in [0.15, 0.2) is 29.4 Å². The molecule has 20 heavy (non-hydrogen) atoms. The van der Waals surface area contributed by atoms with Crippen molar-refractivity contribution in [2.45, 2.75) is 32.6 Å². The Labute approximate surface area is 124 Å². The van der Waals surface area contributed by atoms with Gasteiger partial charge in [-0.1, -0.05) is 24.9 Å². The summed E-state index contributed by atoms with van der Waals surface area (Å²) in [6.07, 6.45) is 4.58. The van der Waals surface area contributed by atoms with Crippen molar-refractivity contribution in [2.24, 2.45) is 11.0 Å². The Hall–Kier alpha value is -1.55. The lowest BCUT2D eigenvalue weighted by Gasteiger charge is -2.19. The molecule has 0 saturated heterocycles. The summed E-state index contributed by atoms with van der Waals surface area (Å²) in [5.41, 5.74) is 4.60. The minimum Gasteiger partial charge on any atom is -0.376 e. The normalized spacial score (nSPS) is 20.7. The van der Waals surface area contributed by atoms with Gasteiger partial charge in [-0.2, -0.15) is 5.10 Å². The molecule has 0 aliphatic heterocycles. The van der Waals surface area contributed by atoms with Crippen molar-refractivity contribution in [1.29, 1.82) is 0 Å². The highest BCUT2D eigenvalue weighted by molar-refractivity contribution is 6.30. The standard InChI is InChI=1S/C15H20ClN3O/c1-11-4-2-3-5-14(11)18-19-15(20)10-17-13-8-6-12(16)7-9-13/h6-9,11,17H,2-5,10H2,1H3,(H,19,20)/t11-/m0/s1. The van der Waals surface area contributed by atoms with Gasteiger partial charge in [0, 0.05) is 16.4 Å². The first-order chi connectivity index (χ1) is 9.65. The molecule has 5 heteroatoms. The predicted molar refractivity (Wildman–Crippen MR) is 83.2 cm³/mol. The highest BCUT2D eigenvalue weighted by Crippen LogP contribution is 2.20. The molecule has 0 unspecified atom stereocenters. The molecule has 0 radical (unpaired) electrons. The summed E-state index contributed by atoms with van der Waals surface area (Å²) >= 11 is 5.80. The predicted octanol–water partition coefficient (Wildman–Crippen LogP) is 3.43. The summed E-state index contributed by atoms with van der Waals surface area (Å²) in [6, 6.07) is 7.24. The second-order valence-corrected chi connectivity index (χ2v) is 5.58. The van der Waals surface area contributed by atoms with Gasteiger partial charge in [0.1, 0.15) is 0 Å². The van der Waals surface area contributed by atoms with Crippen LogP contribution in [0.1, 0.15) is 32.6 Å². The van der Waals surface area contributed by atoms with Gasteiger partial charge in [0.05, 0.1) is 6.54 Å². The van der Waals surface area contributed by atoms with E-state index in [0.717, 1.165) is 24.2 Å². The van der Waals surface area contributed by atoms with Crippen LogP contribution in [0.2, 0.25) is 5.02 Å². The summed E-state index contributed by atoms with van der Waals surface area (Å²) in [4.78, 5) is 11.7. The van der Waals surface area contributed by atoms with E-state index < -0.39 is 0 Å². The summed E-state index contributed by atoms with van der Waals surface area (Å²) in [7, 11) is 0. The minimum atomic E-state index is -0.134. The van der Waals surface area contributed by atoms with Gasteiger partial charge in [0.15, 0.2) is 0 Å². The van der Waals surface area contributed by atoms with E-state index in [2.05, 4.69) is 22.8 Å². The number of carbonyl (C=O) groups is 1. The number of nitrogens with one attached hydrogen (secondary N) is 2. The molecule has 0 bridgehead atoms. The number of hydrazone groups is 1. The number of hydrogen-bond acceptors (Lipinski definition) is 3. The van der Waals surface area contributed by atoms with E-state index in [0.29, 0.717) is 10.9 Å². The Morgan fingerprint density at radius 3 is 2.80 bits per heavy atom. The van der Waals surface area contributed by atoms with Crippen LogP contribution >= 0.6 is 11.6 Å². The van der Waals surface area contributed by atoms with Crippen molar-refractivity contribution in [3.05, 3.63) is 29.3 Å². The van der Waals surface area contributed by atoms with Gasteiger partial charge >= 0.3 is 0 Å². The van der Waals surface area contributed by atoms with Crippen LogP contribution in [-0.4, -0.2) is 18.2 Å². The van der Waals surface area contributed by atoms with Gasteiger partial charge in [-0.05, 0) is 49.4 Å². The monoisotopic (exact) mass is 293 g/mol. The van der Waals surface area contributed by atoms with Crippen molar-refractivity contribution in [1.82, 2.24) is 5.43 Å². The smallest absolute Gasteiger partial charge is 0.259 e. The van der Waals surface area contributed by atoms with E-state index >= 15 is 0 Å². The average molecular weight is 294 g/mol. The molecule has 1 aromatic rings. The molecule has 1 saturated carbocycles. The first-order valence-electron chi connectivity index (χ1n) is 7.00. The average Bonchev–Trinajstić information content (AvgIpc) is 2.46. The Morgan fingerprint density at radius 1 is 1.35 bits per heavy atom. The summed E-state index contributed by atoms with van der Waals surface area (Å²) in [6.45, 7) is 2.36. The molecule has 4 nitrogen and oxygen atoms in total. The zero-order valence-corrected chi connectivity index (χ0v) is 12.4. The van der Waals surface area contributed by atoms with Crippen LogP contribution in [0.5, 0.6) is 0 Å². The third-order valence-electron chi connectivity index (χ3n) is 3.51. The Morgan fingerprint density at radius 2 is 2.10 bits per heavy atom. The van der Waals surface area contributed by atoms with Gasteiger partial charge in [0.25, 0.3) is 5.91 Å². The molecule has 0 spiro atoms. The topological polar surface area (TPSA) is 53.5 Å². The fraction of sp³-hybridized carbons (Fsp3) is 0.467. The maximum atomic E-state index is 11.7. The Bertz CT molecular complexity index is 484. The molecule has 1 aliphatic rings. The third-order valence-corrected chi connectivity index (χ3v) is 3.76. The van der Waals surface area contributed by atoms with Crippen LogP contribution in [0.25, 0.3) is 0 Å². The lowest BCUT2D eigenvalue weighted by Crippen LogP contribution is -2.28. The fourth-order valence-corrected chi connectivity index (χ4v) is 2.39. The number of benzene rings is 1. The van der Waals surface area contributed by atoms with Crippen LogP contribution in [-0.2, 0) is 4.79 Å². The highest BCUT2D eigenvalue weighted by Gasteiger charge is 2.15. The maximum absolute atomic E-state index is 11.7. The van der Waals surface area contributed by atoms with E-state index in [-0.39, 0.29) is 12.5 Å². The molecule has 1 aromatic carbocycles. The maximum Gasteiger partial charge on any atom is 0.259 e. The second kappa shape index (κ2) is 7.29. The fourth-order valence-electron chi connectivity index (χ4n) is 2.26. The van der Waals surface area contributed by atoms with Crippen LogP contribution in [0, 0.1) is 5.92 Å². The van der Waals surface area contributed by atoms with Crippen LogP contribution < -0.4 is 10.7 Å². The molecule has 1 fully saturated rings.